The number of rotatable bonds is 4. The molecule has 2 aromatic rings. The van der Waals surface area contributed by atoms with Crippen molar-refractivity contribution >= 4 is 0 Å². The second-order valence-electron chi connectivity index (χ2n) is 4.30. The van der Waals surface area contributed by atoms with Crippen LogP contribution >= 0.6 is 0 Å². The van der Waals surface area contributed by atoms with Crippen molar-refractivity contribution in [2.24, 2.45) is 0 Å². The molecule has 6 heteroatoms. The molecule has 0 aromatic carbocycles. The summed E-state index contributed by atoms with van der Waals surface area (Å²) in [6, 6.07) is 0. The molecule has 2 heterocycles. The first-order valence-corrected chi connectivity index (χ1v) is 5.84. The minimum Gasteiger partial charge on any atom is -0.394 e. The Kier molecular flexibility index (Phi) is 2.64. The van der Waals surface area contributed by atoms with Crippen LogP contribution in [-0.2, 0) is 6.54 Å². The number of aromatic nitrogens is 4. The summed E-state index contributed by atoms with van der Waals surface area (Å²) in [6.45, 7) is 0.544. The van der Waals surface area contributed by atoms with Crippen LogP contribution in [0.2, 0.25) is 0 Å². The van der Waals surface area contributed by atoms with Crippen molar-refractivity contribution in [3.8, 4) is 11.5 Å². The molecular formula is C11H14N4O2. The summed E-state index contributed by atoms with van der Waals surface area (Å²) in [5, 5.41) is 16.9. The Morgan fingerprint density at radius 2 is 2.35 bits per heavy atom. The Morgan fingerprint density at radius 3 is 3.06 bits per heavy atom. The lowest BCUT2D eigenvalue weighted by atomic mass is 9.85. The smallest absolute Gasteiger partial charge is 0.261 e. The van der Waals surface area contributed by atoms with Crippen molar-refractivity contribution in [2.45, 2.75) is 31.7 Å². The molecule has 0 radical (unpaired) electrons. The summed E-state index contributed by atoms with van der Waals surface area (Å²) in [7, 11) is 0. The monoisotopic (exact) mass is 234 g/mol. The quantitative estimate of drug-likeness (QED) is 0.859. The molecular weight excluding hydrogens is 220 g/mol. The van der Waals surface area contributed by atoms with Gasteiger partial charge in [-0.25, -0.2) is 0 Å². The Bertz CT molecular complexity index is 501. The van der Waals surface area contributed by atoms with Crippen molar-refractivity contribution in [3.05, 3.63) is 18.2 Å². The fraction of sp³-hybridized carbons (Fsp3) is 0.545. The third-order valence-corrected chi connectivity index (χ3v) is 3.12. The van der Waals surface area contributed by atoms with Crippen LogP contribution in [0.1, 0.15) is 31.0 Å². The molecule has 0 amide bonds. The molecule has 0 spiro atoms. The first-order valence-electron chi connectivity index (χ1n) is 5.84. The van der Waals surface area contributed by atoms with E-state index in [0.29, 0.717) is 18.4 Å². The third-order valence-electron chi connectivity index (χ3n) is 3.12. The highest BCUT2D eigenvalue weighted by Gasteiger charge is 2.25. The van der Waals surface area contributed by atoms with E-state index in [1.807, 2.05) is 0 Å². The molecule has 1 aliphatic rings. The zero-order chi connectivity index (χ0) is 11.7. The van der Waals surface area contributed by atoms with Crippen LogP contribution in [0, 0.1) is 0 Å². The van der Waals surface area contributed by atoms with E-state index >= 15 is 0 Å². The van der Waals surface area contributed by atoms with Gasteiger partial charge in [0.2, 0.25) is 0 Å². The lowest BCUT2D eigenvalue weighted by Gasteiger charge is -2.20. The average Bonchev–Trinajstić information content (AvgIpc) is 2.84. The van der Waals surface area contributed by atoms with Gasteiger partial charge in [0.1, 0.15) is 0 Å². The van der Waals surface area contributed by atoms with Gasteiger partial charge < -0.3 is 9.63 Å². The predicted octanol–water partition coefficient (Wildman–Crippen LogP) is 1.19. The normalized spacial score (nSPS) is 16.1. The first-order chi connectivity index (χ1) is 8.36. The molecule has 1 fully saturated rings. The van der Waals surface area contributed by atoms with Gasteiger partial charge >= 0.3 is 0 Å². The van der Waals surface area contributed by atoms with E-state index in [-0.39, 0.29) is 6.61 Å². The lowest BCUT2D eigenvalue weighted by molar-refractivity contribution is 0.269. The maximum atomic E-state index is 8.80. The fourth-order valence-electron chi connectivity index (χ4n) is 1.88. The molecule has 1 N–H and O–H groups in total. The molecule has 0 aliphatic heterocycles. The molecule has 3 rings (SSSR count). The Labute approximate surface area is 98.3 Å². The van der Waals surface area contributed by atoms with Gasteiger partial charge in [0.05, 0.1) is 24.9 Å². The van der Waals surface area contributed by atoms with E-state index in [0.717, 1.165) is 24.2 Å². The zero-order valence-corrected chi connectivity index (χ0v) is 9.41. The molecule has 1 saturated carbocycles. The molecule has 90 valence electrons. The molecule has 2 aromatic heterocycles. The summed E-state index contributed by atoms with van der Waals surface area (Å²) >= 11 is 0. The van der Waals surface area contributed by atoms with E-state index in [2.05, 4.69) is 15.2 Å². The maximum Gasteiger partial charge on any atom is 0.261 e. The van der Waals surface area contributed by atoms with Crippen molar-refractivity contribution in [3.63, 3.8) is 0 Å². The van der Waals surface area contributed by atoms with E-state index in [1.165, 1.54) is 6.42 Å². The zero-order valence-electron chi connectivity index (χ0n) is 9.41. The molecule has 17 heavy (non-hydrogen) atoms. The van der Waals surface area contributed by atoms with Gasteiger partial charge in [-0.05, 0) is 12.8 Å². The third kappa shape index (κ3) is 1.95. The largest absolute Gasteiger partial charge is 0.394 e. The van der Waals surface area contributed by atoms with Crippen molar-refractivity contribution < 1.29 is 9.63 Å². The van der Waals surface area contributed by atoms with Crippen LogP contribution in [0.4, 0.5) is 0 Å². The molecule has 0 bridgehead atoms. The van der Waals surface area contributed by atoms with Gasteiger partial charge in [-0.3, -0.25) is 4.68 Å². The summed E-state index contributed by atoms with van der Waals surface area (Å²) in [4.78, 5) is 4.38. The maximum absolute atomic E-state index is 8.80. The van der Waals surface area contributed by atoms with Crippen molar-refractivity contribution in [1.29, 1.82) is 0 Å². The van der Waals surface area contributed by atoms with Gasteiger partial charge in [0.15, 0.2) is 5.82 Å². The van der Waals surface area contributed by atoms with Crippen LogP contribution in [0.3, 0.4) is 0 Å². The topological polar surface area (TPSA) is 77.0 Å². The van der Waals surface area contributed by atoms with Crippen LogP contribution in [0.15, 0.2) is 16.9 Å². The Morgan fingerprint density at radius 1 is 1.47 bits per heavy atom. The average molecular weight is 234 g/mol. The Balaban J connectivity index is 1.79. The highest BCUT2D eigenvalue weighted by molar-refractivity contribution is 5.49. The number of aliphatic hydroxyl groups is 1. The second-order valence-corrected chi connectivity index (χ2v) is 4.30. The summed E-state index contributed by atoms with van der Waals surface area (Å²) in [5.74, 6) is 1.79. The fourth-order valence-corrected chi connectivity index (χ4v) is 1.88. The molecule has 0 unspecified atom stereocenters. The van der Waals surface area contributed by atoms with Gasteiger partial charge in [0, 0.05) is 12.1 Å². The van der Waals surface area contributed by atoms with Gasteiger partial charge in [-0.1, -0.05) is 11.6 Å². The highest BCUT2D eigenvalue weighted by atomic mass is 16.5. The van der Waals surface area contributed by atoms with E-state index < -0.39 is 0 Å². The van der Waals surface area contributed by atoms with Gasteiger partial charge in [0.25, 0.3) is 5.89 Å². The first kappa shape index (κ1) is 10.5. The SMILES string of the molecule is OCCn1cc(-c2nc(C3CCC3)no2)cn1. The minimum atomic E-state index is 0.0677. The van der Waals surface area contributed by atoms with Gasteiger partial charge in [-0.15, -0.1) is 0 Å². The lowest BCUT2D eigenvalue weighted by Crippen LogP contribution is -2.10. The van der Waals surface area contributed by atoms with Crippen LogP contribution in [0.5, 0.6) is 0 Å². The Hall–Kier alpha value is -1.69. The van der Waals surface area contributed by atoms with Crippen molar-refractivity contribution in [1.82, 2.24) is 19.9 Å². The molecule has 0 saturated heterocycles. The van der Waals surface area contributed by atoms with Crippen LogP contribution in [-0.4, -0.2) is 31.6 Å². The van der Waals surface area contributed by atoms with Crippen LogP contribution in [0.25, 0.3) is 11.5 Å². The predicted molar refractivity (Wildman–Crippen MR) is 59.2 cm³/mol. The van der Waals surface area contributed by atoms with E-state index in [4.69, 9.17) is 9.63 Å². The standard InChI is InChI=1S/C11H14N4O2/c16-5-4-15-7-9(6-12-15)11-13-10(14-17-11)8-2-1-3-8/h6-8,16H,1-5H2. The molecule has 6 nitrogen and oxygen atoms in total. The van der Waals surface area contributed by atoms with Gasteiger partial charge in [-0.2, -0.15) is 10.1 Å². The summed E-state index contributed by atoms with van der Waals surface area (Å²) < 4.78 is 6.88. The second kappa shape index (κ2) is 4.29. The van der Waals surface area contributed by atoms with E-state index in [1.54, 1.807) is 17.1 Å². The number of hydrogen-bond donors (Lipinski definition) is 1. The van der Waals surface area contributed by atoms with Crippen LogP contribution < -0.4 is 0 Å². The number of aliphatic hydroxyl groups excluding tert-OH is 1. The molecule has 1 aliphatic carbocycles. The number of nitrogens with zero attached hydrogens (tertiary/aromatic N) is 4. The van der Waals surface area contributed by atoms with Crippen molar-refractivity contribution in [2.75, 3.05) is 6.61 Å². The summed E-state index contributed by atoms with van der Waals surface area (Å²) in [5.41, 5.74) is 0.802. The number of hydrogen-bond acceptors (Lipinski definition) is 5. The van der Waals surface area contributed by atoms with E-state index in [9.17, 15) is 0 Å². The highest BCUT2D eigenvalue weighted by Crippen LogP contribution is 2.35. The summed E-state index contributed by atoms with van der Waals surface area (Å²) in [6.07, 6.45) is 7.04. The minimum absolute atomic E-state index is 0.0677. The molecule has 0 atom stereocenters.